The molecule has 0 radical (unpaired) electrons. The second kappa shape index (κ2) is 12.1. The molecular weight excluding hydrogens is 474 g/mol. The lowest BCUT2D eigenvalue weighted by molar-refractivity contribution is -0.151. The Bertz CT molecular complexity index is 917. The van der Waals surface area contributed by atoms with Crippen LogP contribution in [0.1, 0.15) is 120 Å². The molecule has 202 valence electrons. The van der Waals surface area contributed by atoms with Gasteiger partial charge in [-0.15, -0.1) is 11.3 Å². The van der Waals surface area contributed by atoms with E-state index in [2.05, 4.69) is 41.5 Å². The van der Waals surface area contributed by atoms with Gasteiger partial charge in [0.25, 0.3) is 0 Å². The molecule has 36 heavy (non-hydrogen) atoms. The van der Waals surface area contributed by atoms with Crippen molar-refractivity contribution >= 4 is 34.9 Å². The minimum atomic E-state index is -0.978. The van der Waals surface area contributed by atoms with Gasteiger partial charge in [0.05, 0.1) is 5.69 Å². The maximum absolute atomic E-state index is 14.0. The maximum Gasteiger partial charge on any atom is 0.348 e. The molecule has 1 atom stereocenters. The van der Waals surface area contributed by atoms with Gasteiger partial charge in [-0.2, -0.15) is 0 Å². The van der Waals surface area contributed by atoms with Gasteiger partial charge in [0.2, 0.25) is 5.91 Å². The Labute approximate surface area is 220 Å². The first-order chi connectivity index (χ1) is 16.9. The van der Waals surface area contributed by atoms with Crippen LogP contribution in [0.25, 0.3) is 0 Å². The Hall–Kier alpha value is -1.89. The highest BCUT2D eigenvalue weighted by molar-refractivity contribution is 7.14. The molecule has 0 aromatic carbocycles. The SMILES string of the molecule is CC[C@H](C)CC(=O)O[C@H]1CC[C@H](N(c2cc(C(C)(C)C)sc2C(=O)O)C(=O)[C@H]2CC[C@H](C)CC2)CC1. The number of aromatic carboxylic acids is 1. The van der Waals surface area contributed by atoms with Gasteiger partial charge in [-0.25, -0.2) is 4.79 Å². The lowest BCUT2D eigenvalue weighted by atomic mass is 9.81. The van der Waals surface area contributed by atoms with Gasteiger partial charge in [-0.3, -0.25) is 9.59 Å². The number of nitrogens with zero attached hydrogens (tertiary/aromatic N) is 1. The van der Waals surface area contributed by atoms with E-state index in [4.69, 9.17) is 4.74 Å². The molecule has 1 N–H and O–H groups in total. The highest BCUT2D eigenvalue weighted by Gasteiger charge is 2.38. The predicted molar refractivity (Wildman–Crippen MR) is 145 cm³/mol. The van der Waals surface area contributed by atoms with E-state index in [1.165, 1.54) is 11.3 Å². The number of anilines is 1. The lowest BCUT2D eigenvalue weighted by Crippen LogP contribution is -2.47. The molecule has 0 aliphatic heterocycles. The van der Waals surface area contributed by atoms with Crippen molar-refractivity contribution in [3.8, 4) is 0 Å². The topological polar surface area (TPSA) is 83.9 Å². The number of hydrogen-bond donors (Lipinski definition) is 1. The summed E-state index contributed by atoms with van der Waals surface area (Å²) in [5.74, 6) is -0.172. The zero-order valence-electron chi connectivity index (χ0n) is 23.0. The number of hydrogen-bond acceptors (Lipinski definition) is 5. The van der Waals surface area contributed by atoms with Crippen molar-refractivity contribution in [1.82, 2.24) is 0 Å². The largest absolute Gasteiger partial charge is 0.477 e. The number of carboxylic acid groups (broad SMARTS) is 1. The van der Waals surface area contributed by atoms with Crippen molar-refractivity contribution in [3.63, 3.8) is 0 Å². The molecule has 3 rings (SSSR count). The smallest absolute Gasteiger partial charge is 0.348 e. The van der Waals surface area contributed by atoms with Gasteiger partial charge in [0.15, 0.2) is 0 Å². The van der Waals surface area contributed by atoms with E-state index in [0.717, 1.165) is 37.0 Å². The molecule has 0 saturated heterocycles. The van der Waals surface area contributed by atoms with Gasteiger partial charge in [0.1, 0.15) is 11.0 Å². The molecule has 7 heteroatoms. The number of thiophene rings is 1. The Kier molecular flexibility index (Phi) is 9.64. The molecular formula is C29H45NO5S. The fourth-order valence-corrected chi connectivity index (χ4v) is 6.41. The third-order valence-electron chi connectivity index (χ3n) is 8.03. The lowest BCUT2D eigenvalue weighted by Gasteiger charge is -2.39. The number of amides is 1. The second-order valence-corrected chi connectivity index (χ2v) is 13.2. The van der Waals surface area contributed by atoms with Gasteiger partial charge < -0.3 is 14.7 Å². The number of rotatable bonds is 8. The van der Waals surface area contributed by atoms with Gasteiger partial charge in [-0.1, -0.05) is 48.0 Å². The van der Waals surface area contributed by atoms with Gasteiger partial charge in [0, 0.05) is 23.3 Å². The van der Waals surface area contributed by atoms with Gasteiger partial charge in [-0.05, 0) is 74.7 Å². The summed E-state index contributed by atoms with van der Waals surface area (Å²) in [5, 5.41) is 10.1. The Morgan fingerprint density at radius 2 is 1.69 bits per heavy atom. The van der Waals surface area contributed by atoms with E-state index in [1.807, 2.05) is 11.0 Å². The molecule has 0 unspecified atom stereocenters. The van der Waals surface area contributed by atoms with Crippen molar-refractivity contribution in [3.05, 3.63) is 15.8 Å². The molecule has 1 aromatic heterocycles. The summed E-state index contributed by atoms with van der Waals surface area (Å²) in [6.07, 6.45) is 7.84. The summed E-state index contributed by atoms with van der Waals surface area (Å²) >= 11 is 1.29. The monoisotopic (exact) mass is 519 g/mol. The van der Waals surface area contributed by atoms with Crippen LogP contribution in [0, 0.1) is 17.8 Å². The van der Waals surface area contributed by atoms with Crippen molar-refractivity contribution < 1.29 is 24.2 Å². The fraction of sp³-hybridized carbons (Fsp3) is 0.759. The van der Waals surface area contributed by atoms with E-state index in [1.54, 1.807) is 0 Å². The zero-order chi connectivity index (χ0) is 26.6. The first-order valence-corrected chi connectivity index (χ1v) is 14.6. The molecule has 2 aliphatic carbocycles. The van der Waals surface area contributed by atoms with Crippen LogP contribution in [-0.2, 0) is 19.7 Å². The first-order valence-electron chi connectivity index (χ1n) is 13.8. The molecule has 2 fully saturated rings. The van der Waals surface area contributed by atoms with Crippen LogP contribution in [0.5, 0.6) is 0 Å². The van der Waals surface area contributed by atoms with Crippen LogP contribution < -0.4 is 4.90 Å². The minimum absolute atomic E-state index is 0.0630. The third kappa shape index (κ3) is 7.11. The molecule has 0 bridgehead atoms. The summed E-state index contributed by atoms with van der Waals surface area (Å²) in [7, 11) is 0. The van der Waals surface area contributed by atoms with E-state index >= 15 is 0 Å². The molecule has 6 nitrogen and oxygen atoms in total. The van der Waals surface area contributed by atoms with E-state index < -0.39 is 5.97 Å². The summed E-state index contributed by atoms with van der Waals surface area (Å²) in [6.45, 7) is 12.6. The van der Waals surface area contributed by atoms with Crippen LogP contribution in [0.2, 0.25) is 0 Å². The van der Waals surface area contributed by atoms with Crippen molar-refractivity contribution in [2.75, 3.05) is 4.90 Å². The molecule has 1 aromatic rings. The number of carbonyl (C=O) groups is 3. The Morgan fingerprint density at radius 1 is 1.08 bits per heavy atom. The normalized spacial score (nSPS) is 25.7. The van der Waals surface area contributed by atoms with Gasteiger partial charge >= 0.3 is 11.9 Å². The number of carboxylic acids is 1. The predicted octanol–water partition coefficient (Wildman–Crippen LogP) is 7.19. The zero-order valence-corrected chi connectivity index (χ0v) is 23.8. The van der Waals surface area contributed by atoms with E-state index in [-0.39, 0.29) is 40.2 Å². The standard InChI is InChI=1S/C29H45NO5S/c1-7-18(2)16-25(31)35-22-14-12-21(13-15-22)30(27(32)20-10-8-19(3)9-11-20)23-17-24(29(4,5)6)36-26(23)28(33)34/h17-22H,7-16H2,1-6H3,(H,33,34)/t18-,19-,20-,21-,22-/m0/s1. The maximum atomic E-state index is 14.0. The van der Waals surface area contributed by atoms with Crippen LogP contribution in [0.15, 0.2) is 6.07 Å². The van der Waals surface area contributed by atoms with Crippen LogP contribution in [0.3, 0.4) is 0 Å². The summed E-state index contributed by atoms with van der Waals surface area (Å²) in [5.41, 5.74) is 0.349. The van der Waals surface area contributed by atoms with Crippen molar-refractivity contribution in [1.29, 1.82) is 0 Å². The van der Waals surface area contributed by atoms with E-state index in [0.29, 0.717) is 49.6 Å². The second-order valence-electron chi connectivity index (χ2n) is 12.2. The molecule has 0 spiro atoms. The minimum Gasteiger partial charge on any atom is -0.477 e. The van der Waals surface area contributed by atoms with Crippen molar-refractivity contribution in [2.24, 2.45) is 17.8 Å². The molecule has 1 amide bonds. The van der Waals surface area contributed by atoms with Crippen molar-refractivity contribution in [2.45, 2.75) is 123 Å². The Balaban J connectivity index is 1.84. The summed E-state index contributed by atoms with van der Waals surface area (Å²) < 4.78 is 5.76. The Morgan fingerprint density at radius 3 is 2.22 bits per heavy atom. The fourth-order valence-electron chi connectivity index (χ4n) is 5.37. The molecule has 2 aliphatic rings. The third-order valence-corrected chi connectivity index (χ3v) is 9.57. The summed E-state index contributed by atoms with van der Waals surface area (Å²) in [6, 6.07) is 1.86. The average molecular weight is 520 g/mol. The number of esters is 1. The van der Waals surface area contributed by atoms with Crippen LogP contribution in [-0.4, -0.2) is 35.1 Å². The molecule has 2 saturated carbocycles. The highest BCUT2D eigenvalue weighted by Crippen LogP contribution is 2.42. The van der Waals surface area contributed by atoms with Crippen LogP contribution in [0.4, 0.5) is 5.69 Å². The highest BCUT2D eigenvalue weighted by atomic mass is 32.1. The van der Waals surface area contributed by atoms with E-state index in [9.17, 15) is 19.5 Å². The average Bonchev–Trinajstić information content (AvgIpc) is 3.26. The number of ether oxygens (including phenoxy) is 1. The number of carbonyl (C=O) groups excluding carboxylic acids is 2. The quantitative estimate of drug-likeness (QED) is 0.367. The molecule has 1 heterocycles. The van der Waals surface area contributed by atoms with Crippen LogP contribution >= 0.6 is 11.3 Å². The summed E-state index contributed by atoms with van der Waals surface area (Å²) in [4.78, 5) is 41.7. The first kappa shape index (κ1) is 28.7.